The maximum atomic E-state index is 12.8. The van der Waals surface area contributed by atoms with E-state index in [1.54, 1.807) is 0 Å². The highest BCUT2D eigenvalue weighted by Crippen LogP contribution is 2.25. The van der Waals surface area contributed by atoms with Gasteiger partial charge in [0.15, 0.2) is 0 Å². The second-order valence-electron chi connectivity index (χ2n) is 5.16. The molecule has 2 aromatic rings. The Balaban J connectivity index is 1.72. The first-order valence-corrected chi connectivity index (χ1v) is 6.92. The summed E-state index contributed by atoms with van der Waals surface area (Å²) in [7, 11) is 0. The number of nitrogens with one attached hydrogen (secondary N) is 2. The zero-order valence-corrected chi connectivity index (χ0v) is 11.7. The van der Waals surface area contributed by atoms with Gasteiger partial charge in [0.25, 0.3) is 5.91 Å². The first-order valence-electron chi connectivity index (χ1n) is 6.92. The zero-order valence-electron chi connectivity index (χ0n) is 11.7. The average molecular weight is 285 g/mol. The number of pyridine rings is 1. The third-order valence-electron chi connectivity index (χ3n) is 3.68. The molecule has 0 radical (unpaired) electrons. The molecule has 0 unspecified atom stereocenters. The third-order valence-corrected chi connectivity index (χ3v) is 3.68. The van der Waals surface area contributed by atoms with Crippen LogP contribution in [0.2, 0.25) is 0 Å². The molecule has 5 heteroatoms. The third kappa shape index (κ3) is 2.86. The summed E-state index contributed by atoms with van der Waals surface area (Å²) in [5, 5.41) is 6.21. The van der Waals surface area contributed by atoms with Crippen molar-refractivity contribution in [3.8, 4) is 0 Å². The van der Waals surface area contributed by atoms with Crippen molar-refractivity contribution in [2.24, 2.45) is 0 Å². The van der Waals surface area contributed by atoms with E-state index in [4.69, 9.17) is 0 Å². The lowest BCUT2D eigenvalue weighted by Crippen LogP contribution is -2.26. The van der Waals surface area contributed by atoms with Crippen molar-refractivity contribution in [3.63, 3.8) is 0 Å². The molecule has 3 rings (SSSR count). The van der Waals surface area contributed by atoms with Gasteiger partial charge in [-0.3, -0.25) is 4.79 Å². The van der Waals surface area contributed by atoms with Crippen molar-refractivity contribution in [2.45, 2.75) is 19.4 Å². The van der Waals surface area contributed by atoms with Gasteiger partial charge in [0.1, 0.15) is 0 Å². The molecule has 2 heterocycles. The minimum absolute atomic E-state index is 0.117. The summed E-state index contributed by atoms with van der Waals surface area (Å²) in [4.78, 5) is 15.6. The smallest absolute Gasteiger partial charge is 0.253 e. The molecule has 1 amide bonds. The molecule has 1 aliphatic rings. The van der Waals surface area contributed by atoms with Gasteiger partial charge in [-0.25, -0.2) is 4.98 Å². The Kier molecular flexibility index (Phi) is 3.56. The number of fused-ring (bicyclic) bond motifs is 1. The van der Waals surface area contributed by atoms with Gasteiger partial charge in [-0.05, 0) is 42.7 Å². The van der Waals surface area contributed by atoms with Crippen LogP contribution in [-0.2, 0) is 6.42 Å². The Morgan fingerprint density at radius 1 is 1.38 bits per heavy atom. The SMILES string of the molecule is C[C@@H](NC(=O)c1ccc(F)nc1)c1ccc2c(c1)CCN2. The van der Waals surface area contributed by atoms with Crippen molar-refractivity contribution >= 4 is 11.6 Å². The number of benzene rings is 1. The largest absolute Gasteiger partial charge is 0.384 e. The quantitative estimate of drug-likeness (QED) is 0.853. The van der Waals surface area contributed by atoms with E-state index < -0.39 is 5.95 Å². The van der Waals surface area contributed by atoms with E-state index in [2.05, 4.69) is 21.7 Å². The number of carbonyl (C=O) groups is 1. The molecule has 1 atom stereocenters. The Morgan fingerprint density at radius 3 is 3.00 bits per heavy atom. The lowest BCUT2D eigenvalue weighted by molar-refractivity contribution is 0.0939. The Hall–Kier alpha value is -2.43. The van der Waals surface area contributed by atoms with E-state index in [0.717, 1.165) is 18.5 Å². The second-order valence-corrected chi connectivity index (χ2v) is 5.16. The maximum Gasteiger partial charge on any atom is 0.253 e. The van der Waals surface area contributed by atoms with Crippen LogP contribution in [0.5, 0.6) is 0 Å². The summed E-state index contributed by atoms with van der Waals surface area (Å²) in [6.07, 6.45) is 2.25. The molecule has 0 bridgehead atoms. The minimum atomic E-state index is -0.592. The van der Waals surface area contributed by atoms with Gasteiger partial charge in [-0.15, -0.1) is 0 Å². The van der Waals surface area contributed by atoms with Gasteiger partial charge in [0.2, 0.25) is 5.95 Å². The first kappa shape index (κ1) is 13.5. The lowest BCUT2D eigenvalue weighted by atomic mass is 10.0. The van der Waals surface area contributed by atoms with E-state index in [0.29, 0.717) is 5.56 Å². The Labute approximate surface area is 122 Å². The fourth-order valence-corrected chi connectivity index (χ4v) is 2.47. The number of hydrogen-bond donors (Lipinski definition) is 2. The summed E-state index contributed by atoms with van der Waals surface area (Å²) < 4.78 is 12.8. The maximum absolute atomic E-state index is 12.8. The van der Waals surface area contributed by atoms with Gasteiger partial charge in [-0.1, -0.05) is 12.1 Å². The van der Waals surface area contributed by atoms with E-state index in [1.807, 2.05) is 19.1 Å². The number of hydrogen-bond acceptors (Lipinski definition) is 3. The number of aromatic nitrogens is 1. The molecule has 2 N–H and O–H groups in total. The summed E-state index contributed by atoms with van der Waals surface area (Å²) >= 11 is 0. The average Bonchev–Trinajstić information content (AvgIpc) is 2.95. The molecule has 1 aliphatic heterocycles. The summed E-state index contributed by atoms with van der Waals surface area (Å²) in [5.41, 5.74) is 3.85. The fraction of sp³-hybridized carbons (Fsp3) is 0.250. The van der Waals surface area contributed by atoms with Crippen LogP contribution in [0.1, 0.15) is 34.5 Å². The van der Waals surface area contributed by atoms with Crippen molar-refractivity contribution in [2.75, 3.05) is 11.9 Å². The van der Waals surface area contributed by atoms with Gasteiger partial charge in [0.05, 0.1) is 11.6 Å². The van der Waals surface area contributed by atoms with E-state index in [-0.39, 0.29) is 11.9 Å². The number of rotatable bonds is 3. The Bertz CT molecular complexity index is 670. The standard InChI is InChI=1S/C16H16FN3O/c1-10(11-2-4-14-12(8-11)6-7-18-14)20-16(21)13-3-5-15(17)19-9-13/h2-5,8-10,18H,6-7H2,1H3,(H,20,21)/t10-/m1/s1. The van der Waals surface area contributed by atoms with E-state index in [9.17, 15) is 9.18 Å². The molecule has 4 nitrogen and oxygen atoms in total. The topological polar surface area (TPSA) is 54.0 Å². The lowest BCUT2D eigenvalue weighted by Gasteiger charge is -2.15. The Morgan fingerprint density at radius 2 is 2.24 bits per heavy atom. The van der Waals surface area contributed by atoms with E-state index in [1.165, 1.54) is 29.6 Å². The summed E-state index contributed by atoms with van der Waals surface area (Å²) in [5.74, 6) is -0.848. The van der Waals surface area contributed by atoms with Crippen LogP contribution in [0.15, 0.2) is 36.5 Å². The number of amides is 1. The van der Waals surface area contributed by atoms with Gasteiger partial charge in [-0.2, -0.15) is 4.39 Å². The second kappa shape index (κ2) is 5.52. The molecular formula is C16H16FN3O. The highest BCUT2D eigenvalue weighted by Gasteiger charge is 2.15. The van der Waals surface area contributed by atoms with Crippen molar-refractivity contribution in [1.29, 1.82) is 0 Å². The highest BCUT2D eigenvalue weighted by molar-refractivity contribution is 5.94. The molecule has 1 aromatic carbocycles. The van der Waals surface area contributed by atoms with Crippen LogP contribution >= 0.6 is 0 Å². The van der Waals surface area contributed by atoms with Crippen molar-refractivity contribution < 1.29 is 9.18 Å². The van der Waals surface area contributed by atoms with Crippen LogP contribution in [0.25, 0.3) is 0 Å². The van der Waals surface area contributed by atoms with Gasteiger partial charge < -0.3 is 10.6 Å². The van der Waals surface area contributed by atoms with Crippen LogP contribution in [-0.4, -0.2) is 17.4 Å². The van der Waals surface area contributed by atoms with Crippen LogP contribution in [0.4, 0.5) is 10.1 Å². The molecule has 0 spiro atoms. The summed E-state index contributed by atoms with van der Waals surface area (Å²) in [6.45, 7) is 2.89. The highest BCUT2D eigenvalue weighted by atomic mass is 19.1. The van der Waals surface area contributed by atoms with Crippen molar-refractivity contribution in [3.05, 3.63) is 59.2 Å². The molecule has 108 valence electrons. The number of halogens is 1. The normalized spacial score (nSPS) is 14.2. The molecule has 0 fully saturated rings. The predicted octanol–water partition coefficient (Wildman–Crippen LogP) is 2.68. The first-order chi connectivity index (χ1) is 10.1. The van der Waals surface area contributed by atoms with Gasteiger partial charge >= 0.3 is 0 Å². The number of nitrogens with zero attached hydrogens (tertiary/aromatic N) is 1. The fourth-order valence-electron chi connectivity index (χ4n) is 2.47. The van der Waals surface area contributed by atoms with Crippen LogP contribution in [0, 0.1) is 5.95 Å². The summed E-state index contributed by atoms with van der Waals surface area (Å²) in [6, 6.07) is 8.65. The molecule has 0 saturated heterocycles. The monoisotopic (exact) mass is 285 g/mol. The van der Waals surface area contributed by atoms with Crippen LogP contribution in [0.3, 0.4) is 0 Å². The molecule has 1 aromatic heterocycles. The number of carbonyl (C=O) groups excluding carboxylic acids is 1. The van der Waals surface area contributed by atoms with Gasteiger partial charge in [0, 0.05) is 18.4 Å². The minimum Gasteiger partial charge on any atom is -0.384 e. The predicted molar refractivity (Wildman–Crippen MR) is 78.7 cm³/mol. The molecular weight excluding hydrogens is 269 g/mol. The van der Waals surface area contributed by atoms with E-state index >= 15 is 0 Å². The number of anilines is 1. The van der Waals surface area contributed by atoms with Crippen LogP contribution < -0.4 is 10.6 Å². The van der Waals surface area contributed by atoms with Crippen molar-refractivity contribution in [1.82, 2.24) is 10.3 Å². The molecule has 0 aliphatic carbocycles. The molecule has 0 saturated carbocycles. The zero-order chi connectivity index (χ0) is 14.8. The molecule has 21 heavy (non-hydrogen) atoms.